The van der Waals surface area contributed by atoms with E-state index in [2.05, 4.69) is 32.9 Å². The molecule has 1 N–H and O–H groups in total. The Labute approximate surface area is 88.5 Å². The van der Waals surface area contributed by atoms with Gasteiger partial charge in [0.15, 0.2) is 0 Å². The summed E-state index contributed by atoms with van der Waals surface area (Å²) in [4.78, 5) is 0. The maximum absolute atomic E-state index is 8.79. The zero-order valence-electron chi connectivity index (χ0n) is 10.0. The topological polar surface area (TPSA) is 20.2 Å². The van der Waals surface area contributed by atoms with Crippen LogP contribution in [0.3, 0.4) is 0 Å². The second kappa shape index (κ2) is 7.81. The third kappa shape index (κ3) is 8.06. The van der Waals surface area contributed by atoms with Crippen molar-refractivity contribution in [1.82, 2.24) is 0 Å². The van der Waals surface area contributed by atoms with Gasteiger partial charge in [-0.25, -0.2) is 0 Å². The Morgan fingerprint density at radius 1 is 1.14 bits per heavy atom. The molecule has 0 aromatic heterocycles. The first-order chi connectivity index (χ1) is 6.56. The first kappa shape index (κ1) is 13.4. The molecule has 0 aromatic rings. The molecule has 0 amide bonds. The molecular formula is C13H24O. The lowest BCUT2D eigenvalue weighted by Gasteiger charge is -2.02. The van der Waals surface area contributed by atoms with Gasteiger partial charge in [-0.2, -0.15) is 0 Å². The van der Waals surface area contributed by atoms with E-state index in [0.717, 1.165) is 24.3 Å². The second-order valence-electron chi connectivity index (χ2n) is 4.43. The van der Waals surface area contributed by atoms with Crippen molar-refractivity contribution in [1.29, 1.82) is 0 Å². The van der Waals surface area contributed by atoms with Gasteiger partial charge in [-0.15, -0.1) is 0 Å². The molecule has 14 heavy (non-hydrogen) atoms. The highest BCUT2D eigenvalue weighted by Crippen LogP contribution is 2.10. The van der Waals surface area contributed by atoms with Crippen molar-refractivity contribution in [3.63, 3.8) is 0 Å². The standard InChI is InChI=1S/C13H24O/c1-11(2)8-9-12(3)6-5-7-13(4)10-14/h7,9,11,14H,5-6,8,10H2,1-4H3/b12-9+,13-7+. The largest absolute Gasteiger partial charge is 0.392 e. The maximum atomic E-state index is 8.79. The summed E-state index contributed by atoms with van der Waals surface area (Å²) >= 11 is 0. The molecule has 1 nitrogen and oxygen atoms in total. The van der Waals surface area contributed by atoms with Crippen LogP contribution in [0, 0.1) is 5.92 Å². The molecule has 0 spiro atoms. The third-order valence-electron chi connectivity index (χ3n) is 2.22. The lowest BCUT2D eigenvalue weighted by molar-refractivity contribution is 0.331. The molecule has 0 rings (SSSR count). The normalized spacial score (nSPS) is 13.9. The van der Waals surface area contributed by atoms with Gasteiger partial charge in [0.25, 0.3) is 0 Å². The fourth-order valence-electron chi connectivity index (χ4n) is 1.15. The third-order valence-corrected chi connectivity index (χ3v) is 2.22. The molecule has 1 heteroatoms. The Morgan fingerprint density at radius 2 is 1.79 bits per heavy atom. The van der Waals surface area contributed by atoms with E-state index >= 15 is 0 Å². The van der Waals surface area contributed by atoms with Crippen LogP contribution < -0.4 is 0 Å². The number of hydrogen-bond donors (Lipinski definition) is 1. The van der Waals surface area contributed by atoms with Gasteiger partial charge in [-0.1, -0.05) is 37.1 Å². The van der Waals surface area contributed by atoms with E-state index in [-0.39, 0.29) is 6.61 Å². The van der Waals surface area contributed by atoms with Crippen LogP contribution in [0.4, 0.5) is 0 Å². The van der Waals surface area contributed by atoms with Gasteiger partial charge >= 0.3 is 0 Å². The van der Waals surface area contributed by atoms with Crippen LogP contribution in [0.1, 0.15) is 47.0 Å². The van der Waals surface area contributed by atoms with Crippen molar-refractivity contribution in [3.05, 3.63) is 23.3 Å². The molecule has 0 heterocycles. The van der Waals surface area contributed by atoms with Crippen molar-refractivity contribution in [2.45, 2.75) is 47.0 Å². The molecule has 0 aliphatic rings. The Balaban J connectivity index is 3.73. The molecule has 0 aliphatic carbocycles. The van der Waals surface area contributed by atoms with Crippen LogP contribution in [-0.4, -0.2) is 11.7 Å². The smallest absolute Gasteiger partial charge is 0.0639 e. The van der Waals surface area contributed by atoms with E-state index in [9.17, 15) is 0 Å². The van der Waals surface area contributed by atoms with Crippen molar-refractivity contribution < 1.29 is 5.11 Å². The molecule has 0 unspecified atom stereocenters. The van der Waals surface area contributed by atoms with Crippen LogP contribution in [0.2, 0.25) is 0 Å². The van der Waals surface area contributed by atoms with Gasteiger partial charge in [0.2, 0.25) is 0 Å². The Bertz CT molecular complexity index is 199. The predicted octanol–water partition coefficient (Wildman–Crippen LogP) is 3.70. The number of rotatable bonds is 6. The van der Waals surface area contributed by atoms with Crippen molar-refractivity contribution >= 4 is 0 Å². The van der Waals surface area contributed by atoms with Crippen LogP contribution in [0.15, 0.2) is 23.3 Å². The van der Waals surface area contributed by atoms with Crippen LogP contribution in [-0.2, 0) is 0 Å². The summed E-state index contributed by atoms with van der Waals surface area (Å²) in [6, 6.07) is 0. The number of aliphatic hydroxyl groups excluding tert-OH is 1. The predicted molar refractivity (Wildman–Crippen MR) is 63.3 cm³/mol. The summed E-state index contributed by atoms with van der Waals surface area (Å²) < 4.78 is 0. The van der Waals surface area contributed by atoms with Crippen LogP contribution in [0.5, 0.6) is 0 Å². The van der Waals surface area contributed by atoms with Gasteiger partial charge in [0, 0.05) is 0 Å². The average molecular weight is 196 g/mol. The Hall–Kier alpha value is -0.560. The molecule has 0 bridgehead atoms. The monoisotopic (exact) mass is 196 g/mol. The number of hydrogen-bond acceptors (Lipinski definition) is 1. The summed E-state index contributed by atoms with van der Waals surface area (Å²) in [5.74, 6) is 0.750. The fraction of sp³-hybridized carbons (Fsp3) is 0.692. The van der Waals surface area contributed by atoms with Crippen molar-refractivity contribution in [3.8, 4) is 0 Å². The summed E-state index contributed by atoms with van der Waals surface area (Å²) in [5.41, 5.74) is 2.53. The SMILES string of the molecule is C/C(=C\CC/C(C)=C/CC(C)C)CO. The number of aliphatic hydroxyl groups is 1. The average Bonchev–Trinajstić information content (AvgIpc) is 2.14. The summed E-state index contributed by atoms with van der Waals surface area (Å²) in [6.07, 6.45) is 7.78. The molecule has 82 valence electrons. The minimum atomic E-state index is 0.189. The number of allylic oxidation sites excluding steroid dienone is 3. The highest BCUT2D eigenvalue weighted by molar-refractivity contribution is 5.03. The van der Waals surface area contributed by atoms with E-state index in [1.807, 2.05) is 6.92 Å². The van der Waals surface area contributed by atoms with Crippen molar-refractivity contribution in [2.75, 3.05) is 6.61 Å². The van der Waals surface area contributed by atoms with Gasteiger partial charge in [0.05, 0.1) is 6.61 Å². The second-order valence-corrected chi connectivity index (χ2v) is 4.43. The van der Waals surface area contributed by atoms with Gasteiger partial charge in [-0.05, 0) is 39.0 Å². The lowest BCUT2D eigenvalue weighted by atomic mass is 10.1. The van der Waals surface area contributed by atoms with E-state index in [1.165, 1.54) is 12.0 Å². The van der Waals surface area contributed by atoms with E-state index < -0.39 is 0 Å². The Kier molecular flexibility index (Phi) is 7.50. The molecule has 0 saturated heterocycles. The molecular weight excluding hydrogens is 172 g/mol. The minimum absolute atomic E-state index is 0.189. The van der Waals surface area contributed by atoms with Crippen molar-refractivity contribution in [2.24, 2.45) is 5.92 Å². The highest BCUT2D eigenvalue weighted by atomic mass is 16.3. The first-order valence-electron chi connectivity index (χ1n) is 5.48. The molecule has 0 radical (unpaired) electrons. The molecule has 0 aliphatic heterocycles. The summed E-state index contributed by atoms with van der Waals surface area (Å²) in [6.45, 7) is 8.81. The minimum Gasteiger partial charge on any atom is -0.392 e. The van der Waals surface area contributed by atoms with Crippen LogP contribution in [0.25, 0.3) is 0 Å². The van der Waals surface area contributed by atoms with Gasteiger partial charge in [-0.3, -0.25) is 0 Å². The highest BCUT2D eigenvalue weighted by Gasteiger charge is 1.92. The van der Waals surface area contributed by atoms with Gasteiger partial charge < -0.3 is 5.11 Å². The van der Waals surface area contributed by atoms with E-state index in [1.54, 1.807) is 0 Å². The quantitative estimate of drug-likeness (QED) is 0.642. The fourth-order valence-corrected chi connectivity index (χ4v) is 1.15. The van der Waals surface area contributed by atoms with E-state index in [0.29, 0.717) is 0 Å². The Morgan fingerprint density at radius 3 is 2.29 bits per heavy atom. The zero-order chi connectivity index (χ0) is 11.0. The molecule has 0 atom stereocenters. The van der Waals surface area contributed by atoms with Gasteiger partial charge in [0.1, 0.15) is 0 Å². The van der Waals surface area contributed by atoms with E-state index in [4.69, 9.17) is 5.11 Å². The molecule has 0 saturated carbocycles. The lowest BCUT2D eigenvalue weighted by Crippen LogP contribution is -1.86. The maximum Gasteiger partial charge on any atom is 0.0639 e. The zero-order valence-corrected chi connectivity index (χ0v) is 10.0. The van der Waals surface area contributed by atoms with Crippen LogP contribution >= 0.6 is 0 Å². The molecule has 0 fully saturated rings. The first-order valence-corrected chi connectivity index (χ1v) is 5.48. The summed E-state index contributed by atoms with van der Waals surface area (Å²) in [5, 5.41) is 8.79. The molecule has 0 aromatic carbocycles. The summed E-state index contributed by atoms with van der Waals surface area (Å²) in [7, 11) is 0.